The van der Waals surface area contributed by atoms with Gasteiger partial charge in [0.25, 0.3) is 5.56 Å². The highest BCUT2D eigenvalue weighted by Gasteiger charge is 2.06. The van der Waals surface area contributed by atoms with Crippen LogP contribution in [-0.4, -0.2) is 27.6 Å². The topological polar surface area (TPSA) is 80.6 Å². The van der Waals surface area contributed by atoms with Gasteiger partial charge in [0.05, 0.1) is 5.56 Å². The Morgan fingerprint density at radius 3 is 3.07 bits per heavy atom. The van der Waals surface area contributed by atoms with Gasteiger partial charge in [-0.25, -0.2) is 0 Å². The average Bonchev–Trinajstić information content (AvgIpc) is 2.27. The number of aryl methyl sites for hydroxylation is 1. The van der Waals surface area contributed by atoms with E-state index >= 15 is 0 Å². The molecule has 6 heteroatoms. The maximum atomic E-state index is 11.8. The summed E-state index contributed by atoms with van der Waals surface area (Å²) < 4.78 is 1.55. The number of nitrogens with two attached hydrogens (primary N) is 1. The maximum Gasteiger partial charge on any atom is 0.261 e. The molecule has 0 saturated heterocycles. The molecule has 0 saturated carbocycles. The van der Waals surface area contributed by atoms with Crippen LogP contribution in [0.25, 0.3) is 0 Å². The van der Waals surface area contributed by atoms with Crippen molar-refractivity contribution in [1.82, 2.24) is 4.57 Å². The number of rotatable bonds is 4. The van der Waals surface area contributed by atoms with Gasteiger partial charge in [-0.3, -0.25) is 4.79 Å². The van der Waals surface area contributed by atoms with Gasteiger partial charge in [-0.05, 0) is 18.4 Å². The SMILES string of the molecule is CSCCn1cccc(/C(N)=N/O)c1=O. The second-order valence-electron chi connectivity index (χ2n) is 2.90. The fraction of sp³-hybridized carbons (Fsp3) is 0.333. The van der Waals surface area contributed by atoms with Gasteiger partial charge in [0.15, 0.2) is 5.84 Å². The summed E-state index contributed by atoms with van der Waals surface area (Å²) in [5, 5.41) is 11.3. The molecule has 0 bridgehead atoms. The molecule has 0 atom stereocenters. The summed E-state index contributed by atoms with van der Waals surface area (Å²) in [5.74, 6) is 0.693. The molecule has 0 fully saturated rings. The van der Waals surface area contributed by atoms with Crippen molar-refractivity contribution < 1.29 is 5.21 Å². The van der Waals surface area contributed by atoms with E-state index in [0.29, 0.717) is 6.54 Å². The van der Waals surface area contributed by atoms with Crippen LogP contribution >= 0.6 is 11.8 Å². The Labute approximate surface area is 91.6 Å². The minimum absolute atomic E-state index is 0.154. The highest BCUT2D eigenvalue weighted by molar-refractivity contribution is 7.98. The van der Waals surface area contributed by atoms with Crippen molar-refractivity contribution in [2.45, 2.75) is 6.54 Å². The molecule has 0 aliphatic rings. The normalized spacial score (nSPS) is 11.7. The Kier molecular flexibility index (Phi) is 4.23. The average molecular weight is 227 g/mol. The van der Waals surface area contributed by atoms with E-state index in [9.17, 15) is 4.79 Å². The van der Waals surface area contributed by atoms with Crippen LogP contribution in [-0.2, 0) is 6.54 Å². The van der Waals surface area contributed by atoms with Crippen LogP contribution in [0, 0.1) is 0 Å². The summed E-state index contributed by atoms with van der Waals surface area (Å²) in [6.45, 7) is 0.618. The molecule has 1 rings (SSSR count). The van der Waals surface area contributed by atoms with Crippen LogP contribution in [0.3, 0.4) is 0 Å². The lowest BCUT2D eigenvalue weighted by molar-refractivity contribution is 0.318. The number of amidine groups is 1. The zero-order chi connectivity index (χ0) is 11.3. The van der Waals surface area contributed by atoms with Crippen LogP contribution < -0.4 is 11.3 Å². The van der Waals surface area contributed by atoms with Crippen molar-refractivity contribution in [1.29, 1.82) is 0 Å². The number of pyridine rings is 1. The summed E-state index contributed by atoms with van der Waals surface area (Å²) in [6.07, 6.45) is 3.66. The van der Waals surface area contributed by atoms with Crippen LogP contribution in [0.5, 0.6) is 0 Å². The molecular weight excluding hydrogens is 214 g/mol. The number of aromatic nitrogens is 1. The number of thioether (sulfide) groups is 1. The molecule has 1 heterocycles. The lowest BCUT2D eigenvalue weighted by atomic mass is 10.2. The monoisotopic (exact) mass is 227 g/mol. The lowest BCUT2D eigenvalue weighted by Crippen LogP contribution is -2.30. The third kappa shape index (κ3) is 2.76. The van der Waals surface area contributed by atoms with Crippen molar-refractivity contribution in [2.24, 2.45) is 10.9 Å². The summed E-state index contributed by atoms with van der Waals surface area (Å²) >= 11 is 1.65. The molecule has 0 aliphatic heterocycles. The van der Waals surface area contributed by atoms with Gasteiger partial charge >= 0.3 is 0 Å². The first-order chi connectivity index (χ1) is 7.20. The Bertz CT molecular complexity index is 414. The summed E-state index contributed by atoms with van der Waals surface area (Å²) in [7, 11) is 0. The van der Waals surface area contributed by atoms with E-state index in [4.69, 9.17) is 10.9 Å². The van der Waals surface area contributed by atoms with Crippen LogP contribution in [0.15, 0.2) is 28.3 Å². The van der Waals surface area contributed by atoms with Crippen LogP contribution in [0.2, 0.25) is 0 Å². The van der Waals surface area contributed by atoms with E-state index < -0.39 is 0 Å². The van der Waals surface area contributed by atoms with Crippen LogP contribution in [0.1, 0.15) is 5.56 Å². The van der Waals surface area contributed by atoms with E-state index in [1.807, 2.05) is 6.26 Å². The first-order valence-corrected chi connectivity index (χ1v) is 5.76. The van der Waals surface area contributed by atoms with Gasteiger partial charge in [-0.2, -0.15) is 11.8 Å². The van der Waals surface area contributed by atoms with Crippen molar-refractivity contribution in [3.05, 3.63) is 34.2 Å². The minimum atomic E-state index is -0.234. The summed E-state index contributed by atoms with van der Waals surface area (Å²) in [5.41, 5.74) is 5.36. The van der Waals surface area contributed by atoms with Crippen molar-refractivity contribution in [3.8, 4) is 0 Å². The second-order valence-corrected chi connectivity index (χ2v) is 3.88. The molecule has 1 aromatic heterocycles. The van der Waals surface area contributed by atoms with Crippen molar-refractivity contribution >= 4 is 17.6 Å². The fourth-order valence-electron chi connectivity index (χ4n) is 1.15. The quantitative estimate of drug-likeness (QED) is 0.335. The minimum Gasteiger partial charge on any atom is -0.409 e. The third-order valence-corrected chi connectivity index (χ3v) is 2.53. The van der Waals surface area contributed by atoms with E-state index in [1.165, 1.54) is 6.07 Å². The molecule has 5 nitrogen and oxygen atoms in total. The highest BCUT2D eigenvalue weighted by atomic mass is 32.2. The number of nitrogens with zero attached hydrogens (tertiary/aromatic N) is 2. The standard InChI is InChI=1S/C9H13N3O2S/c1-15-6-5-12-4-2-3-7(9(12)13)8(10)11-14/h2-4,14H,5-6H2,1H3,(H2,10,11). The molecule has 82 valence electrons. The predicted molar refractivity (Wildman–Crippen MR) is 61.6 cm³/mol. The van der Waals surface area contributed by atoms with Gasteiger partial charge in [0, 0.05) is 18.5 Å². The predicted octanol–water partition coefficient (Wildman–Crippen LogP) is 0.306. The van der Waals surface area contributed by atoms with E-state index in [2.05, 4.69) is 5.16 Å². The second kappa shape index (κ2) is 5.45. The zero-order valence-electron chi connectivity index (χ0n) is 8.38. The van der Waals surface area contributed by atoms with Gasteiger partial charge in [-0.15, -0.1) is 0 Å². The molecule has 0 spiro atoms. The summed E-state index contributed by atoms with van der Waals surface area (Å²) in [4.78, 5) is 11.8. The number of oxime groups is 1. The van der Waals surface area contributed by atoms with Gasteiger partial charge in [0.1, 0.15) is 0 Å². The molecule has 0 amide bonds. The Morgan fingerprint density at radius 2 is 2.47 bits per heavy atom. The maximum absolute atomic E-state index is 11.8. The van der Waals surface area contributed by atoms with E-state index in [-0.39, 0.29) is 17.0 Å². The van der Waals surface area contributed by atoms with Crippen molar-refractivity contribution in [3.63, 3.8) is 0 Å². The smallest absolute Gasteiger partial charge is 0.261 e. The highest BCUT2D eigenvalue weighted by Crippen LogP contribution is 1.96. The molecule has 1 aromatic rings. The third-order valence-electron chi connectivity index (χ3n) is 1.94. The Morgan fingerprint density at radius 1 is 1.73 bits per heavy atom. The largest absolute Gasteiger partial charge is 0.409 e. The van der Waals surface area contributed by atoms with E-state index in [0.717, 1.165) is 5.75 Å². The molecule has 0 radical (unpaired) electrons. The molecule has 15 heavy (non-hydrogen) atoms. The van der Waals surface area contributed by atoms with Gasteiger partial charge in [-0.1, -0.05) is 5.16 Å². The first kappa shape index (κ1) is 11.6. The number of hydrogen-bond acceptors (Lipinski definition) is 4. The fourth-order valence-corrected chi connectivity index (χ4v) is 1.53. The Balaban J connectivity index is 3.06. The first-order valence-electron chi connectivity index (χ1n) is 4.37. The van der Waals surface area contributed by atoms with Gasteiger partial charge in [0.2, 0.25) is 0 Å². The molecule has 0 aromatic carbocycles. The number of hydrogen-bond donors (Lipinski definition) is 2. The summed E-state index contributed by atoms with van der Waals surface area (Å²) in [6, 6.07) is 3.24. The Hall–Kier alpha value is -1.43. The zero-order valence-corrected chi connectivity index (χ0v) is 9.20. The van der Waals surface area contributed by atoms with E-state index in [1.54, 1.807) is 28.6 Å². The van der Waals surface area contributed by atoms with Gasteiger partial charge < -0.3 is 15.5 Å². The van der Waals surface area contributed by atoms with Crippen LogP contribution in [0.4, 0.5) is 0 Å². The molecular formula is C9H13N3O2S. The lowest BCUT2D eigenvalue weighted by Gasteiger charge is -2.05. The molecule has 0 unspecified atom stereocenters. The molecule has 3 N–H and O–H groups in total. The molecule has 0 aliphatic carbocycles. The van der Waals surface area contributed by atoms with Crippen molar-refractivity contribution in [2.75, 3.05) is 12.0 Å².